The zero-order valence-corrected chi connectivity index (χ0v) is 14.2. The number of nitrogens with one attached hydrogen (secondary N) is 1. The summed E-state index contributed by atoms with van der Waals surface area (Å²) in [5.74, 6) is 0.709. The second kappa shape index (κ2) is 7.28. The third kappa shape index (κ3) is 4.82. The molecule has 2 aromatic rings. The van der Waals surface area contributed by atoms with Gasteiger partial charge in [0.1, 0.15) is 12.0 Å². The van der Waals surface area contributed by atoms with E-state index in [-0.39, 0.29) is 0 Å². The summed E-state index contributed by atoms with van der Waals surface area (Å²) in [7, 11) is 0.436. The molecule has 0 saturated carbocycles. The van der Waals surface area contributed by atoms with Gasteiger partial charge in [0.15, 0.2) is 15.8 Å². The van der Waals surface area contributed by atoms with Gasteiger partial charge in [-0.15, -0.1) is 0 Å². The molecule has 1 aromatic heterocycles. The molecule has 7 nitrogen and oxygen atoms in total. The summed E-state index contributed by atoms with van der Waals surface area (Å²) in [5, 5.41) is 7.09. The molecule has 8 heteroatoms. The van der Waals surface area contributed by atoms with Crippen LogP contribution in [0.5, 0.6) is 0 Å². The van der Waals surface area contributed by atoms with Crippen LogP contribution >= 0.6 is 0 Å². The molecule has 0 aliphatic rings. The normalized spacial score (nSPS) is 12.2. The molecule has 0 saturated heterocycles. The maximum absolute atomic E-state index is 11.4. The van der Waals surface area contributed by atoms with E-state index in [9.17, 15) is 8.42 Å². The Hall–Kier alpha value is -2.35. The minimum atomic E-state index is -3.17. The number of sulfone groups is 1. The lowest BCUT2D eigenvalue weighted by atomic mass is 10.2. The quantitative estimate of drug-likeness (QED) is 0.654. The van der Waals surface area contributed by atoms with Crippen LogP contribution in [0.25, 0.3) is 0 Å². The van der Waals surface area contributed by atoms with Crippen molar-refractivity contribution in [3.8, 4) is 0 Å². The Morgan fingerprint density at radius 3 is 2.52 bits per heavy atom. The highest BCUT2D eigenvalue weighted by Gasteiger charge is 2.09. The summed E-state index contributed by atoms with van der Waals surface area (Å²) in [6.45, 7) is 1.11. The number of guanidine groups is 1. The van der Waals surface area contributed by atoms with Gasteiger partial charge in [0.2, 0.25) is 0 Å². The minimum Gasteiger partial charge on any atom is -0.364 e. The summed E-state index contributed by atoms with van der Waals surface area (Å²) < 4.78 is 27.7. The van der Waals surface area contributed by atoms with E-state index in [4.69, 9.17) is 4.52 Å². The van der Waals surface area contributed by atoms with Crippen molar-refractivity contribution in [2.24, 2.45) is 4.99 Å². The summed E-state index contributed by atoms with van der Waals surface area (Å²) in [5.41, 5.74) is 1.78. The summed E-state index contributed by atoms with van der Waals surface area (Å²) in [6, 6.07) is 8.58. The van der Waals surface area contributed by atoms with Crippen molar-refractivity contribution in [2.75, 3.05) is 20.4 Å². The van der Waals surface area contributed by atoms with Crippen LogP contribution in [-0.2, 0) is 22.9 Å². The highest BCUT2D eigenvalue weighted by molar-refractivity contribution is 7.90. The van der Waals surface area contributed by atoms with E-state index in [1.54, 1.807) is 37.4 Å². The largest absolute Gasteiger partial charge is 0.364 e. The van der Waals surface area contributed by atoms with Gasteiger partial charge in [-0.05, 0) is 17.7 Å². The van der Waals surface area contributed by atoms with Gasteiger partial charge in [0.05, 0.1) is 11.4 Å². The van der Waals surface area contributed by atoms with Gasteiger partial charge >= 0.3 is 0 Å². The molecule has 0 unspecified atom stereocenters. The molecule has 0 amide bonds. The van der Waals surface area contributed by atoms with Gasteiger partial charge in [0.25, 0.3) is 0 Å². The topological polar surface area (TPSA) is 87.8 Å². The van der Waals surface area contributed by atoms with Crippen LogP contribution < -0.4 is 5.32 Å². The Labute approximate surface area is 135 Å². The number of hydrogen-bond acceptors (Lipinski definition) is 5. The van der Waals surface area contributed by atoms with E-state index >= 15 is 0 Å². The average Bonchev–Trinajstić information content (AvgIpc) is 3.00. The van der Waals surface area contributed by atoms with E-state index in [0.29, 0.717) is 23.9 Å². The number of benzene rings is 1. The molecule has 0 fully saturated rings. The summed E-state index contributed by atoms with van der Waals surface area (Å²) >= 11 is 0. The molecular formula is C15H20N4O3S. The van der Waals surface area contributed by atoms with Crippen molar-refractivity contribution in [2.45, 2.75) is 18.0 Å². The van der Waals surface area contributed by atoms with E-state index in [0.717, 1.165) is 11.3 Å². The van der Waals surface area contributed by atoms with E-state index in [1.807, 2.05) is 11.9 Å². The van der Waals surface area contributed by atoms with Gasteiger partial charge in [-0.3, -0.25) is 4.99 Å². The molecule has 0 aliphatic carbocycles. The zero-order chi connectivity index (χ0) is 16.9. The lowest BCUT2D eigenvalue weighted by molar-refractivity contribution is 0.391. The number of rotatable bonds is 5. The van der Waals surface area contributed by atoms with Crippen molar-refractivity contribution < 1.29 is 12.9 Å². The Bertz CT molecular complexity index is 753. The van der Waals surface area contributed by atoms with Crippen molar-refractivity contribution in [1.82, 2.24) is 15.4 Å². The molecule has 0 atom stereocenters. The highest BCUT2D eigenvalue weighted by Crippen LogP contribution is 2.10. The van der Waals surface area contributed by atoms with E-state index in [2.05, 4.69) is 15.5 Å². The van der Waals surface area contributed by atoms with Gasteiger partial charge in [-0.1, -0.05) is 17.3 Å². The molecule has 2 rings (SSSR count). The molecule has 23 heavy (non-hydrogen) atoms. The molecule has 1 heterocycles. The van der Waals surface area contributed by atoms with E-state index < -0.39 is 9.84 Å². The predicted molar refractivity (Wildman–Crippen MR) is 87.7 cm³/mol. The first kappa shape index (κ1) is 17.0. The van der Waals surface area contributed by atoms with Crippen molar-refractivity contribution in [1.29, 1.82) is 0 Å². The molecule has 124 valence electrons. The first-order chi connectivity index (χ1) is 10.9. The van der Waals surface area contributed by atoms with Crippen LogP contribution in [0.15, 0.2) is 51.0 Å². The standard InChI is InChI=1S/C15H20N4O3S/c1-16-15(19(2)11-13-8-9-22-18-13)17-10-12-4-6-14(7-5-12)23(3,20)21/h4-9H,10-11H2,1-3H3,(H,16,17). The maximum Gasteiger partial charge on any atom is 0.194 e. The van der Waals surface area contributed by atoms with Gasteiger partial charge < -0.3 is 14.7 Å². The highest BCUT2D eigenvalue weighted by atomic mass is 32.2. The number of aliphatic imine (C=N–C) groups is 1. The lowest BCUT2D eigenvalue weighted by Crippen LogP contribution is -2.38. The van der Waals surface area contributed by atoms with Crippen molar-refractivity contribution in [3.63, 3.8) is 0 Å². The first-order valence-electron chi connectivity index (χ1n) is 7.00. The molecule has 0 bridgehead atoms. The summed E-state index contributed by atoms with van der Waals surface area (Å²) in [6.07, 6.45) is 2.73. The maximum atomic E-state index is 11.4. The first-order valence-corrected chi connectivity index (χ1v) is 8.89. The van der Waals surface area contributed by atoms with Gasteiger partial charge in [0, 0.05) is 33.0 Å². The lowest BCUT2D eigenvalue weighted by Gasteiger charge is -2.21. The molecular weight excluding hydrogens is 316 g/mol. The third-order valence-corrected chi connectivity index (χ3v) is 4.39. The zero-order valence-electron chi connectivity index (χ0n) is 13.4. The number of hydrogen-bond donors (Lipinski definition) is 1. The van der Waals surface area contributed by atoms with Crippen LogP contribution in [0.3, 0.4) is 0 Å². The number of nitrogens with zero attached hydrogens (tertiary/aromatic N) is 3. The van der Waals surface area contributed by atoms with E-state index in [1.165, 1.54) is 12.5 Å². The molecule has 1 N–H and O–H groups in total. The SMILES string of the molecule is CN=C(NCc1ccc(S(C)(=O)=O)cc1)N(C)Cc1ccon1. The van der Waals surface area contributed by atoms with Crippen LogP contribution in [0, 0.1) is 0 Å². The molecule has 0 spiro atoms. The van der Waals surface area contributed by atoms with Crippen LogP contribution in [0.1, 0.15) is 11.3 Å². The Kier molecular flexibility index (Phi) is 5.38. The fourth-order valence-electron chi connectivity index (χ4n) is 2.06. The van der Waals surface area contributed by atoms with Crippen LogP contribution in [0.2, 0.25) is 0 Å². The van der Waals surface area contributed by atoms with Crippen molar-refractivity contribution in [3.05, 3.63) is 47.9 Å². The molecule has 0 radical (unpaired) electrons. The predicted octanol–water partition coefficient (Wildman–Crippen LogP) is 1.29. The van der Waals surface area contributed by atoms with Crippen molar-refractivity contribution >= 4 is 15.8 Å². The smallest absolute Gasteiger partial charge is 0.194 e. The second-order valence-corrected chi connectivity index (χ2v) is 7.18. The fourth-order valence-corrected chi connectivity index (χ4v) is 2.69. The summed E-state index contributed by atoms with van der Waals surface area (Å²) in [4.78, 5) is 6.45. The number of aromatic nitrogens is 1. The molecule has 1 aromatic carbocycles. The molecule has 0 aliphatic heterocycles. The van der Waals surface area contributed by atoms with Gasteiger partial charge in [-0.2, -0.15) is 0 Å². The fraction of sp³-hybridized carbons (Fsp3) is 0.333. The third-order valence-electron chi connectivity index (χ3n) is 3.27. The average molecular weight is 336 g/mol. The monoisotopic (exact) mass is 336 g/mol. The van der Waals surface area contributed by atoms with Gasteiger partial charge in [-0.25, -0.2) is 8.42 Å². The second-order valence-electron chi connectivity index (χ2n) is 5.16. The Balaban J connectivity index is 1.95. The van der Waals surface area contributed by atoms with Crippen LogP contribution in [0.4, 0.5) is 0 Å². The Morgan fingerprint density at radius 2 is 2.00 bits per heavy atom. The Morgan fingerprint density at radius 1 is 1.30 bits per heavy atom. The van der Waals surface area contributed by atoms with Crippen LogP contribution in [-0.4, -0.2) is 44.8 Å². The minimum absolute atomic E-state index is 0.314.